The van der Waals surface area contributed by atoms with Crippen LogP contribution in [0.2, 0.25) is 0 Å². The number of hydrogen-bond acceptors (Lipinski definition) is 7. The molecule has 2 aliphatic rings. The molecule has 0 radical (unpaired) electrons. The highest BCUT2D eigenvalue weighted by atomic mass is 32.2. The van der Waals surface area contributed by atoms with E-state index in [1.165, 1.54) is 16.9 Å². The van der Waals surface area contributed by atoms with Crippen LogP contribution >= 0.6 is 11.3 Å². The Balaban J connectivity index is 1.69. The van der Waals surface area contributed by atoms with Crippen LogP contribution in [0, 0.1) is 0 Å². The first kappa shape index (κ1) is 17.1. The fourth-order valence-corrected chi connectivity index (χ4v) is 7.14. The highest BCUT2D eigenvalue weighted by Gasteiger charge is 2.33. The van der Waals surface area contributed by atoms with Crippen molar-refractivity contribution in [3.63, 3.8) is 0 Å². The van der Waals surface area contributed by atoms with Crippen molar-refractivity contribution < 1.29 is 8.42 Å². The quantitative estimate of drug-likeness (QED) is 0.673. The lowest BCUT2D eigenvalue weighted by Gasteiger charge is -2.26. The van der Waals surface area contributed by atoms with E-state index in [2.05, 4.69) is 9.88 Å². The van der Waals surface area contributed by atoms with Crippen LogP contribution < -0.4 is 4.90 Å². The van der Waals surface area contributed by atoms with Crippen LogP contribution in [-0.2, 0) is 22.7 Å². The van der Waals surface area contributed by atoms with Crippen molar-refractivity contribution in [2.45, 2.75) is 31.7 Å². The summed E-state index contributed by atoms with van der Waals surface area (Å²) in [5, 5.41) is 1.12. The average molecular weight is 401 g/mol. The number of aryl methyl sites for hydroxylation is 2. The van der Waals surface area contributed by atoms with Crippen LogP contribution in [0.15, 0.2) is 24.5 Å². The van der Waals surface area contributed by atoms with Crippen molar-refractivity contribution in [2.75, 3.05) is 23.5 Å². The molecule has 140 valence electrons. The van der Waals surface area contributed by atoms with Crippen molar-refractivity contribution in [3.05, 3.63) is 35.0 Å². The Morgan fingerprint density at radius 1 is 1.26 bits per heavy atom. The minimum Gasteiger partial charge on any atom is -0.355 e. The van der Waals surface area contributed by atoms with Crippen LogP contribution in [0.3, 0.4) is 0 Å². The van der Waals surface area contributed by atoms with Crippen LogP contribution in [0.25, 0.3) is 21.6 Å². The molecule has 4 heterocycles. The molecular formula is C19H20N4O2S2. The lowest BCUT2D eigenvalue weighted by molar-refractivity contribution is 0.600. The SMILES string of the molecule is CN(c1nc(-c2cccnc2)nc2sc3c(c12)CCC3)[C@@H]1CCS(=O)(=O)C1. The zero-order valence-electron chi connectivity index (χ0n) is 15.1. The van der Waals surface area contributed by atoms with Gasteiger partial charge in [-0.25, -0.2) is 18.4 Å². The lowest BCUT2D eigenvalue weighted by atomic mass is 10.1. The molecule has 1 aliphatic heterocycles. The Morgan fingerprint density at radius 3 is 2.89 bits per heavy atom. The molecule has 8 heteroatoms. The summed E-state index contributed by atoms with van der Waals surface area (Å²) >= 11 is 1.75. The second kappa shape index (κ2) is 6.24. The summed E-state index contributed by atoms with van der Waals surface area (Å²) in [5.41, 5.74) is 2.23. The molecule has 1 saturated heterocycles. The highest BCUT2D eigenvalue weighted by molar-refractivity contribution is 7.91. The standard InChI is InChI=1S/C19H20N4O2S2/c1-23(13-7-9-27(24,25)11-13)18-16-14-5-2-6-15(14)26-19(16)22-17(21-18)12-4-3-8-20-10-12/h3-4,8,10,13H,2,5-7,9,11H2,1H3/t13-/m1/s1. The topological polar surface area (TPSA) is 76.1 Å². The number of nitrogens with zero attached hydrogens (tertiary/aromatic N) is 4. The van der Waals surface area contributed by atoms with Gasteiger partial charge in [0, 0.05) is 35.9 Å². The molecule has 0 saturated carbocycles. The summed E-state index contributed by atoms with van der Waals surface area (Å²) in [4.78, 5) is 18.4. The Bertz CT molecular complexity index is 1130. The third-order valence-electron chi connectivity index (χ3n) is 5.56. The normalized spacial score (nSPS) is 20.9. The molecule has 0 bridgehead atoms. The van der Waals surface area contributed by atoms with Gasteiger partial charge in [0.1, 0.15) is 10.6 Å². The van der Waals surface area contributed by atoms with Crippen molar-refractivity contribution in [2.24, 2.45) is 0 Å². The molecule has 1 atom stereocenters. The van der Waals surface area contributed by atoms with Gasteiger partial charge in [0.15, 0.2) is 15.7 Å². The third-order valence-corrected chi connectivity index (χ3v) is 8.49. The summed E-state index contributed by atoms with van der Waals surface area (Å²) < 4.78 is 24.0. The second-order valence-corrected chi connectivity index (χ2v) is 10.6. The molecule has 6 nitrogen and oxygen atoms in total. The van der Waals surface area contributed by atoms with Gasteiger partial charge in [-0.15, -0.1) is 11.3 Å². The molecule has 0 spiro atoms. The molecule has 27 heavy (non-hydrogen) atoms. The van der Waals surface area contributed by atoms with Crippen LogP contribution in [-0.4, -0.2) is 48.0 Å². The molecule has 0 amide bonds. The summed E-state index contributed by atoms with van der Waals surface area (Å²) in [7, 11) is -0.983. The van der Waals surface area contributed by atoms with Gasteiger partial charge in [0.25, 0.3) is 0 Å². The van der Waals surface area contributed by atoms with Gasteiger partial charge in [-0.2, -0.15) is 0 Å². The van der Waals surface area contributed by atoms with E-state index in [0.717, 1.165) is 34.4 Å². The first-order valence-corrected chi connectivity index (χ1v) is 11.8. The first-order chi connectivity index (χ1) is 13.0. The van der Waals surface area contributed by atoms with Gasteiger partial charge in [-0.3, -0.25) is 4.98 Å². The Hall–Kier alpha value is -2.06. The molecule has 1 aliphatic carbocycles. The molecule has 0 unspecified atom stereocenters. The minimum absolute atomic E-state index is 0.0354. The molecular weight excluding hydrogens is 380 g/mol. The molecule has 3 aromatic heterocycles. The first-order valence-electron chi connectivity index (χ1n) is 9.18. The Labute approximate surface area is 162 Å². The maximum atomic E-state index is 12.0. The predicted molar refractivity (Wildman–Crippen MR) is 108 cm³/mol. The van der Waals surface area contributed by atoms with E-state index in [9.17, 15) is 8.42 Å². The number of aromatic nitrogens is 3. The van der Waals surface area contributed by atoms with Crippen molar-refractivity contribution >= 4 is 37.2 Å². The van der Waals surface area contributed by atoms with Crippen molar-refractivity contribution in [3.8, 4) is 11.4 Å². The van der Waals surface area contributed by atoms with Crippen LogP contribution in [0.5, 0.6) is 0 Å². The number of thiophene rings is 1. The fourth-order valence-electron chi connectivity index (χ4n) is 4.11. The number of hydrogen-bond donors (Lipinski definition) is 0. The van der Waals surface area contributed by atoms with E-state index < -0.39 is 9.84 Å². The van der Waals surface area contributed by atoms with Gasteiger partial charge >= 0.3 is 0 Å². The van der Waals surface area contributed by atoms with Gasteiger partial charge in [-0.1, -0.05) is 0 Å². The average Bonchev–Trinajstić information content (AvgIpc) is 3.34. The number of rotatable bonds is 3. The fraction of sp³-hybridized carbons (Fsp3) is 0.421. The van der Waals surface area contributed by atoms with Crippen molar-refractivity contribution in [1.29, 1.82) is 0 Å². The van der Waals surface area contributed by atoms with E-state index >= 15 is 0 Å². The van der Waals surface area contributed by atoms with E-state index in [0.29, 0.717) is 12.2 Å². The molecule has 3 aromatic rings. The van der Waals surface area contributed by atoms with Crippen molar-refractivity contribution in [1.82, 2.24) is 15.0 Å². The van der Waals surface area contributed by atoms with E-state index in [1.54, 1.807) is 23.7 Å². The summed E-state index contributed by atoms with van der Waals surface area (Å²) in [6.45, 7) is 0. The Kier molecular flexibility index (Phi) is 3.94. The van der Waals surface area contributed by atoms with Gasteiger partial charge in [0.05, 0.1) is 16.9 Å². The monoisotopic (exact) mass is 400 g/mol. The maximum absolute atomic E-state index is 12.0. The zero-order chi connectivity index (χ0) is 18.6. The minimum atomic E-state index is -2.95. The highest BCUT2D eigenvalue weighted by Crippen LogP contribution is 2.42. The molecule has 1 fully saturated rings. The van der Waals surface area contributed by atoms with E-state index in [-0.39, 0.29) is 17.5 Å². The summed E-state index contributed by atoms with van der Waals surface area (Å²) in [6.07, 6.45) is 7.47. The molecule has 0 aromatic carbocycles. The Morgan fingerprint density at radius 2 is 2.15 bits per heavy atom. The smallest absolute Gasteiger partial charge is 0.164 e. The van der Waals surface area contributed by atoms with Crippen LogP contribution in [0.4, 0.5) is 5.82 Å². The largest absolute Gasteiger partial charge is 0.355 e. The zero-order valence-corrected chi connectivity index (χ0v) is 16.7. The number of fused-ring (bicyclic) bond motifs is 3. The third kappa shape index (κ3) is 2.91. The second-order valence-electron chi connectivity index (χ2n) is 7.32. The van der Waals surface area contributed by atoms with Gasteiger partial charge in [-0.05, 0) is 43.4 Å². The van der Waals surface area contributed by atoms with Gasteiger partial charge < -0.3 is 4.90 Å². The summed E-state index contributed by atoms with van der Waals surface area (Å²) in [6, 6.07) is 3.80. The number of anilines is 1. The van der Waals surface area contributed by atoms with E-state index in [1.807, 2.05) is 19.2 Å². The summed E-state index contributed by atoms with van der Waals surface area (Å²) in [5.74, 6) is 1.97. The van der Waals surface area contributed by atoms with Gasteiger partial charge in [0.2, 0.25) is 0 Å². The van der Waals surface area contributed by atoms with E-state index in [4.69, 9.17) is 9.97 Å². The van der Waals surface area contributed by atoms with Crippen LogP contribution in [0.1, 0.15) is 23.3 Å². The number of sulfone groups is 1. The maximum Gasteiger partial charge on any atom is 0.164 e. The molecule has 0 N–H and O–H groups in total. The number of pyridine rings is 1. The molecule has 5 rings (SSSR count). The lowest BCUT2D eigenvalue weighted by Crippen LogP contribution is -2.33. The predicted octanol–water partition coefficient (Wildman–Crippen LogP) is 2.87.